The number of carbonyl (C=O) groups is 1. The van der Waals surface area contributed by atoms with Crippen LogP contribution >= 0.6 is 0 Å². The highest BCUT2D eigenvalue weighted by atomic mass is 16.5. The van der Waals surface area contributed by atoms with E-state index in [0.29, 0.717) is 12.7 Å². The number of methoxy groups -OCH3 is 1. The third-order valence-electron chi connectivity index (χ3n) is 3.56. The number of esters is 1. The van der Waals surface area contributed by atoms with Gasteiger partial charge in [0.2, 0.25) is 0 Å². The fraction of sp³-hybridized carbons (Fsp3) is 0.929. The molecular formula is C14H27NO3. The van der Waals surface area contributed by atoms with Gasteiger partial charge >= 0.3 is 5.97 Å². The van der Waals surface area contributed by atoms with Crippen LogP contribution in [0.15, 0.2) is 0 Å². The van der Waals surface area contributed by atoms with E-state index < -0.39 is 5.54 Å². The Bertz CT molecular complexity index is 251. The lowest BCUT2D eigenvalue weighted by Gasteiger charge is -2.31. The van der Waals surface area contributed by atoms with Crippen LogP contribution < -0.4 is 5.32 Å². The van der Waals surface area contributed by atoms with Gasteiger partial charge in [-0.2, -0.15) is 0 Å². The quantitative estimate of drug-likeness (QED) is 0.711. The van der Waals surface area contributed by atoms with Crippen molar-refractivity contribution < 1.29 is 14.3 Å². The summed E-state index contributed by atoms with van der Waals surface area (Å²) in [7, 11) is 1.43. The van der Waals surface area contributed by atoms with E-state index >= 15 is 0 Å². The summed E-state index contributed by atoms with van der Waals surface area (Å²) in [6.07, 6.45) is 7.31. The molecule has 0 aromatic rings. The second-order valence-corrected chi connectivity index (χ2v) is 5.32. The van der Waals surface area contributed by atoms with Gasteiger partial charge in [-0.1, -0.05) is 26.2 Å². The second kappa shape index (κ2) is 7.74. The molecule has 1 aliphatic carbocycles. The van der Waals surface area contributed by atoms with Crippen LogP contribution in [0.1, 0.15) is 52.4 Å². The van der Waals surface area contributed by atoms with Crippen molar-refractivity contribution in [3.8, 4) is 0 Å². The van der Waals surface area contributed by atoms with E-state index in [2.05, 4.69) is 12.2 Å². The predicted octanol–water partition coefficient (Wildman–Crippen LogP) is 2.27. The van der Waals surface area contributed by atoms with Gasteiger partial charge in [0.1, 0.15) is 5.54 Å². The molecule has 0 aromatic carbocycles. The molecule has 4 nitrogen and oxygen atoms in total. The second-order valence-electron chi connectivity index (χ2n) is 5.32. The van der Waals surface area contributed by atoms with Crippen molar-refractivity contribution in [1.82, 2.24) is 5.32 Å². The maximum Gasteiger partial charge on any atom is 0.328 e. The molecule has 18 heavy (non-hydrogen) atoms. The van der Waals surface area contributed by atoms with Crippen LogP contribution in [0.5, 0.6) is 0 Å². The van der Waals surface area contributed by atoms with Gasteiger partial charge in [0.15, 0.2) is 0 Å². The van der Waals surface area contributed by atoms with Crippen LogP contribution in [0.4, 0.5) is 0 Å². The van der Waals surface area contributed by atoms with Crippen molar-refractivity contribution in [1.29, 1.82) is 0 Å². The molecule has 0 spiro atoms. The zero-order valence-corrected chi connectivity index (χ0v) is 12.0. The van der Waals surface area contributed by atoms with Crippen molar-refractivity contribution in [2.24, 2.45) is 0 Å². The number of nitrogens with one attached hydrogen (secondary N) is 1. The van der Waals surface area contributed by atoms with Crippen molar-refractivity contribution >= 4 is 5.97 Å². The van der Waals surface area contributed by atoms with Gasteiger partial charge in [-0.05, 0) is 32.7 Å². The summed E-state index contributed by atoms with van der Waals surface area (Å²) in [6, 6.07) is 0. The first-order valence-electron chi connectivity index (χ1n) is 7.07. The maximum absolute atomic E-state index is 11.8. The summed E-state index contributed by atoms with van der Waals surface area (Å²) in [6.45, 7) is 5.12. The van der Waals surface area contributed by atoms with Crippen LogP contribution in [-0.4, -0.2) is 37.9 Å². The molecule has 1 saturated carbocycles. The summed E-state index contributed by atoms with van der Waals surface area (Å²) in [5.74, 6) is -0.244. The molecule has 1 aliphatic rings. The molecule has 106 valence electrons. The van der Waals surface area contributed by atoms with Crippen LogP contribution in [-0.2, 0) is 14.3 Å². The first-order valence-corrected chi connectivity index (χ1v) is 7.07. The van der Waals surface area contributed by atoms with Crippen molar-refractivity contribution in [2.75, 3.05) is 20.3 Å². The highest BCUT2D eigenvalue weighted by molar-refractivity contribution is 5.80. The molecule has 0 saturated heterocycles. The highest BCUT2D eigenvalue weighted by Gasteiger charge is 2.35. The Labute approximate surface area is 110 Å². The van der Waals surface area contributed by atoms with E-state index in [0.717, 1.165) is 25.8 Å². The summed E-state index contributed by atoms with van der Waals surface area (Å²) >= 11 is 0. The number of ether oxygens (including phenoxy) is 2. The molecular weight excluding hydrogens is 230 g/mol. The monoisotopic (exact) mass is 257 g/mol. The normalized spacial score (nSPS) is 20.4. The summed E-state index contributed by atoms with van der Waals surface area (Å²) in [4.78, 5) is 11.8. The van der Waals surface area contributed by atoms with Gasteiger partial charge in [0.05, 0.1) is 19.8 Å². The maximum atomic E-state index is 11.8. The Morgan fingerprint density at radius 3 is 2.56 bits per heavy atom. The molecule has 1 atom stereocenters. The fourth-order valence-corrected chi connectivity index (χ4v) is 2.32. The Kier molecular flexibility index (Phi) is 6.65. The number of carbonyl (C=O) groups excluding carboxylic acids is 1. The lowest BCUT2D eigenvalue weighted by Crippen LogP contribution is -2.54. The number of hydrogen-bond donors (Lipinski definition) is 1. The Morgan fingerprint density at radius 2 is 2.00 bits per heavy atom. The van der Waals surface area contributed by atoms with E-state index in [4.69, 9.17) is 9.47 Å². The summed E-state index contributed by atoms with van der Waals surface area (Å²) in [5, 5.41) is 3.24. The lowest BCUT2D eigenvalue weighted by molar-refractivity contribution is -0.152. The third kappa shape index (κ3) is 4.58. The van der Waals surface area contributed by atoms with Gasteiger partial charge in [-0.3, -0.25) is 0 Å². The number of hydrogen-bond acceptors (Lipinski definition) is 4. The molecule has 0 aromatic heterocycles. The van der Waals surface area contributed by atoms with Crippen molar-refractivity contribution in [3.63, 3.8) is 0 Å². The van der Waals surface area contributed by atoms with Crippen LogP contribution in [0.3, 0.4) is 0 Å². The lowest BCUT2D eigenvalue weighted by atomic mass is 9.97. The molecule has 0 bridgehead atoms. The van der Waals surface area contributed by atoms with Crippen molar-refractivity contribution in [2.45, 2.75) is 64.0 Å². The zero-order chi connectivity index (χ0) is 13.4. The molecule has 1 N–H and O–H groups in total. The van der Waals surface area contributed by atoms with E-state index in [1.807, 2.05) is 6.92 Å². The van der Waals surface area contributed by atoms with Gasteiger partial charge in [0.25, 0.3) is 0 Å². The molecule has 0 heterocycles. The minimum absolute atomic E-state index is 0.244. The van der Waals surface area contributed by atoms with Gasteiger partial charge in [-0.25, -0.2) is 4.79 Å². The molecule has 4 heteroatoms. The zero-order valence-electron chi connectivity index (χ0n) is 12.0. The van der Waals surface area contributed by atoms with E-state index in [-0.39, 0.29) is 5.97 Å². The molecule has 1 rings (SSSR count). The summed E-state index contributed by atoms with van der Waals surface area (Å²) < 4.78 is 10.8. The average Bonchev–Trinajstić information content (AvgIpc) is 2.43. The third-order valence-corrected chi connectivity index (χ3v) is 3.56. The van der Waals surface area contributed by atoms with E-state index in [1.165, 1.54) is 26.4 Å². The predicted molar refractivity (Wildman–Crippen MR) is 71.5 cm³/mol. The van der Waals surface area contributed by atoms with Gasteiger partial charge in [-0.15, -0.1) is 0 Å². The van der Waals surface area contributed by atoms with Crippen LogP contribution in [0, 0.1) is 0 Å². The molecule has 0 radical (unpaired) electrons. The average molecular weight is 257 g/mol. The summed E-state index contributed by atoms with van der Waals surface area (Å²) in [5.41, 5.74) is -0.720. The molecule has 0 amide bonds. The smallest absolute Gasteiger partial charge is 0.328 e. The van der Waals surface area contributed by atoms with E-state index in [1.54, 1.807) is 0 Å². The van der Waals surface area contributed by atoms with Crippen LogP contribution in [0.2, 0.25) is 0 Å². The molecule has 1 fully saturated rings. The SMILES string of the molecule is CCCNC(C)(COC1CCCCC1)C(=O)OC. The Morgan fingerprint density at radius 1 is 1.33 bits per heavy atom. The Balaban J connectivity index is 2.46. The fourth-order valence-electron chi connectivity index (χ4n) is 2.32. The van der Waals surface area contributed by atoms with Gasteiger partial charge < -0.3 is 14.8 Å². The minimum Gasteiger partial charge on any atom is -0.468 e. The first kappa shape index (κ1) is 15.4. The molecule has 0 aliphatic heterocycles. The highest BCUT2D eigenvalue weighted by Crippen LogP contribution is 2.21. The standard InChI is InChI=1S/C14H27NO3/c1-4-10-15-14(2,13(16)17-3)11-18-12-8-6-5-7-9-12/h12,15H,4-11H2,1-3H3. The minimum atomic E-state index is -0.720. The number of rotatable bonds is 7. The van der Waals surface area contributed by atoms with Gasteiger partial charge in [0, 0.05) is 0 Å². The first-order chi connectivity index (χ1) is 8.62. The topological polar surface area (TPSA) is 47.6 Å². The largest absolute Gasteiger partial charge is 0.468 e. The van der Waals surface area contributed by atoms with Crippen molar-refractivity contribution in [3.05, 3.63) is 0 Å². The van der Waals surface area contributed by atoms with E-state index in [9.17, 15) is 4.79 Å². The molecule has 1 unspecified atom stereocenters. The Hall–Kier alpha value is -0.610. The van der Waals surface area contributed by atoms with Crippen LogP contribution in [0.25, 0.3) is 0 Å².